The smallest absolute Gasteiger partial charge is 0.255 e. The van der Waals surface area contributed by atoms with Crippen molar-refractivity contribution in [3.8, 4) is 16.9 Å². The first-order valence-electron chi connectivity index (χ1n) is 10.6. The van der Waals surface area contributed by atoms with Crippen molar-refractivity contribution in [2.24, 2.45) is 0 Å². The lowest BCUT2D eigenvalue weighted by Gasteiger charge is -2.36. The molecule has 1 amide bonds. The molecule has 4 rings (SSSR count). The van der Waals surface area contributed by atoms with E-state index in [0.717, 1.165) is 61.0 Å². The summed E-state index contributed by atoms with van der Waals surface area (Å²) in [6, 6.07) is 17.3. The van der Waals surface area contributed by atoms with E-state index >= 15 is 0 Å². The van der Waals surface area contributed by atoms with Crippen LogP contribution in [0.2, 0.25) is 0 Å². The normalized spacial score (nSPS) is 14.3. The van der Waals surface area contributed by atoms with Crippen LogP contribution in [0.5, 0.6) is 5.75 Å². The fourth-order valence-corrected chi connectivity index (χ4v) is 3.88. The molecule has 6 heteroatoms. The quantitative estimate of drug-likeness (QED) is 0.654. The van der Waals surface area contributed by atoms with Crippen LogP contribution in [0.4, 0.5) is 11.4 Å². The molecule has 6 nitrogen and oxygen atoms in total. The molecule has 0 radical (unpaired) electrons. The molecule has 1 aliphatic rings. The number of piperazine rings is 1. The number of nitrogens with one attached hydrogen (secondary N) is 1. The number of benzene rings is 2. The van der Waals surface area contributed by atoms with E-state index < -0.39 is 0 Å². The van der Waals surface area contributed by atoms with Gasteiger partial charge >= 0.3 is 0 Å². The zero-order valence-electron chi connectivity index (χ0n) is 18.0. The maximum atomic E-state index is 12.8. The van der Waals surface area contributed by atoms with E-state index in [-0.39, 0.29) is 5.91 Å². The summed E-state index contributed by atoms with van der Waals surface area (Å²) in [5, 5.41) is 3.03. The van der Waals surface area contributed by atoms with Gasteiger partial charge in [0.2, 0.25) is 0 Å². The molecule has 1 fully saturated rings. The topological polar surface area (TPSA) is 57.7 Å². The lowest BCUT2D eigenvalue weighted by molar-refractivity contribution is 0.102. The van der Waals surface area contributed by atoms with Crippen molar-refractivity contribution in [3.63, 3.8) is 0 Å². The van der Waals surface area contributed by atoms with Crippen LogP contribution in [0, 0.1) is 0 Å². The number of aromatic nitrogens is 1. The van der Waals surface area contributed by atoms with Crippen LogP contribution in [0.25, 0.3) is 11.1 Å². The number of carbonyl (C=O) groups excluding carboxylic acids is 1. The number of hydrogen-bond donors (Lipinski definition) is 1. The third-order valence-corrected chi connectivity index (χ3v) is 5.76. The molecule has 0 unspecified atom stereocenters. The molecule has 2 heterocycles. The van der Waals surface area contributed by atoms with Gasteiger partial charge in [0, 0.05) is 49.8 Å². The van der Waals surface area contributed by atoms with Gasteiger partial charge in [0.05, 0.1) is 12.8 Å². The Morgan fingerprint density at radius 3 is 2.29 bits per heavy atom. The average molecular weight is 417 g/mol. The van der Waals surface area contributed by atoms with Crippen LogP contribution in [-0.2, 0) is 0 Å². The van der Waals surface area contributed by atoms with E-state index in [9.17, 15) is 4.79 Å². The minimum absolute atomic E-state index is 0.131. The molecule has 0 spiro atoms. The van der Waals surface area contributed by atoms with Crippen LogP contribution >= 0.6 is 0 Å². The molecule has 1 N–H and O–H groups in total. The summed E-state index contributed by atoms with van der Waals surface area (Å²) < 4.78 is 5.58. The first-order chi connectivity index (χ1) is 15.2. The number of rotatable bonds is 6. The summed E-state index contributed by atoms with van der Waals surface area (Å²) in [7, 11) is 1.68. The van der Waals surface area contributed by atoms with Gasteiger partial charge in [-0.05, 0) is 60.1 Å². The van der Waals surface area contributed by atoms with Crippen molar-refractivity contribution in [2.45, 2.75) is 6.92 Å². The number of carbonyl (C=O) groups is 1. The monoisotopic (exact) mass is 416 g/mol. The zero-order chi connectivity index (χ0) is 21.6. The van der Waals surface area contributed by atoms with Crippen LogP contribution in [0.15, 0.2) is 67.0 Å². The van der Waals surface area contributed by atoms with Gasteiger partial charge in [-0.2, -0.15) is 0 Å². The maximum Gasteiger partial charge on any atom is 0.255 e. The highest BCUT2D eigenvalue weighted by Crippen LogP contribution is 2.32. The molecule has 160 valence electrons. The van der Waals surface area contributed by atoms with E-state index in [1.54, 1.807) is 19.5 Å². The largest absolute Gasteiger partial charge is 0.495 e. The van der Waals surface area contributed by atoms with Gasteiger partial charge in [0.1, 0.15) is 5.75 Å². The predicted molar refractivity (Wildman–Crippen MR) is 125 cm³/mol. The molecule has 1 saturated heterocycles. The van der Waals surface area contributed by atoms with Gasteiger partial charge < -0.3 is 19.9 Å². The van der Waals surface area contributed by atoms with Crippen LogP contribution < -0.4 is 15.0 Å². The molecule has 0 bridgehead atoms. The van der Waals surface area contributed by atoms with Gasteiger partial charge in [-0.3, -0.25) is 9.78 Å². The van der Waals surface area contributed by atoms with Crippen molar-refractivity contribution in [1.29, 1.82) is 0 Å². The highest BCUT2D eigenvalue weighted by atomic mass is 16.5. The Labute approximate surface area is 183 Å². The number of methoxy groups -OCH3 is 1. The first kappa shape index (κ1) is 20.9. The van der Waals surface area contributed by atoms with E-state index in [2.05, 4.69) is 27.0 Å². The molecule has 0 atom stereocenters. The lowest BCUT2D eigenvalue weighted by Crippen LogP contribution is -2.46. The molecular formula is C25H28N4O2. The molecule has 3 aromatic rings. The molecule has 2 aromatic carbocycles. The minimum atomic E-state index is -0.131. The second-order valence-corrected chi connectivity index (χ2v) is 7.58. The predicted octanol–water partition coefficient (Wildman–Crippen LogP) is 4.15. The number of hydrogen-bond acceptors (Lipinski definition) is 5. The Morgan fingerprint density at radius 2 is 1.65 bits per heavy atom. The molecule has 0 aliphatic carbocycles. The van der Waals surface area contributed by atoms with Crippen molar-refractivity contribution in [1.82, 2.24) is 9.88 Å². The average Bonchev–Trinajstić information content (AvgIpc) is 2.84. The number of amides is 1. The summed E-state index contributed by atoms with van der Waals surface area (Å²) in [4.78, 5) is 21.6. The van der Waals surface area contributed by atoms with Gasteiger partial charge in [0.25, 0.3) is 5.91 Å². The Bertz CT molecular complexity index is 1010. The fraction of sp³-hybridized carbons (Fsp3) is 0.280. The molecule has 1 aliphatic heterocycles. The standard InChI is InChI=1S/C25H28N4O2/c1-3-28-14-16-29(17-15-28)23-18-22(8-9-24(23)31-2)27-25(30)21-6-4-19(5-7-21)20-10-12-26-13-11-20/h4-13,18H,3,14-17H2,1-2H3,(H,27,30). The highest BCUT2D eigenvalue weighted by Gasteiger charge is 2.19. The lowest BCUT2D eigenvalue weighted by atomic mass is 10.0. The first-order valence-corrected chi connectivity index (χ1v) is 10.6. The summed E-state index contributed by atoms with van der Waals surface area (Å²) in [5.41, 5.74) is 4.52. The van der Waals surface area contributed by atoms with E-state index in [0.29, 0.717) is 5.56 Å². The Kier molecular flexibility index (Phi) is 6.48. The Hall–Kier alpha value is -3.38. The van der Waals surface area contributed by atoms with Crippen molar-refractivity contribution in [2.75, 3.05) is 50.1 Å². The van der Waals surface area contributed by atoms with E-state index in [1.165, 1.54) is 0 Å². The summed E-state index contributed by atoms with van der Waals surface area (Å²) in [6.45, 7) is 7.20. The van der Waals surface area contributed by atoms with E-state index in [1.807, 2.05) is 54.6 Å². The molecular weight excluding hydrogens is 388 g/mol. The fourth-order valence-electron chi connectivity index (χ4n) is 3.88. The van der Waals surface area contributed by atoms with Crippen LogP contribution in [0.3, 0.4) is 0 Å². The molecule has 1 aromatic heterocycles. The van der Waals surface area contributed by atoms with E-state index in [4.69, 9.17) is 4.74 Å². The summed E-state index contributed by atoms with van der Waals surface area (Å²) >= 11 is 0. The van der Waals surface area contributed by atoms with Gasteiger partial charge in [0.15, 0.2) is 0 Å². The SMILES string of the molecule is CCN1CCN(c2cc(NC(=O)c3ccc(-c4ccncc4)cc3)ccc2OC)CC1. The third kappa shape index (κ3) is 4.86. The number of ether oxygens (including phenoxy) is 1. The third-order valence-electron chi connectivity index (χ3n) is 5.76. The second kappa shape index (κ2) is 9.62. The number of likely N-dealkylation sites (N-methyl/N-ethyl adjacent to an activating group) is 1. The Balaban J connectivity index is 1.48. The van der Waals surface area contributed by atoms with Gasteiger partial charge in [-0.25, -0.2) is 0 Å². The highest BCUT2D eigenvalue weighted by molar-refractivity contribution is 6.04. The zero-order valence-corrected chi connectivity index (χ0v) is 18.0. The summed E-state index contributed by atoms with van der Waals surface area (Å²) in [5.74, 6) is 0.692. The maximum absolute atomic E-state index is 12.8. The van der Waals surface area contributed by atoms with Crippen molar-refractivity contribution >= 4 is 17.3 Å². The summed E-state index contributed by atoms with van der Waals surface area (Å²) in [6.07, 6.45) is 3.53. The number of nitrogens with zero attached hydrogens (tertiary/aromatic N) is 3. The Morgan fingerprint density at radius 1 is 0.968 bits per heavy atom. The number of pyridine rings is 1. The molecule has 31 heavy (non-hydrogen) atoms. The second-order valence-electron chi connectivity index (χ2n) is 7.58. The van der Waals surface area contributed by atoms with Gasteiger partial charge in [-0.1, -0.05) is 19.1 Å². The number of anilines is 2. The van der Waals surface area contributed by atoms with Crippen molar-refractivity contribution < 1.29 is 9.53 Å². The molecule has 0 saturated carbocycles. The van der Waals surface area contributed by atoms with Crippen molar-refractivity contribution in [3.05, 3.63) is 72.6 Å². The van der Waals surface area contributed by atoms with Gasteiger partial charge in [-0.15, -0.1) is 0 Å². The van der Waals surface area contributed by atoms with Crippen LogP contribution in [-0.4, -0.2) is 55.6 Å². The minimum Gasteiger partial charge on any atom is -0.495 e. The van der Waals surface area contributed by atoms with Crippen LogP contribution in [0.1, 0.15) is 17.3 Å².